The van der Waals surface area contributed by atoms with E-state index in [-0.39, 0.29) is 5.91 Å². The second-order valence-electron chi connectivity index (χ2n) is 2.50. The second-order valence-corrected chi connectivity index (χ2v) is 4.93. The first kappa shape index (κ1) is 11.4. The largest absolute Gasteiger partial charge is 0.359 e. The molecule has 14 heavy (non-hydrogen) atoms. The number of carbonyl (C=O) groups excluding carboxylic acids is 1. The van der Waals surface area contributed by atoms with E-state index in [0.717, 1.165) is 10.8 Å². The van der Waals surface area contributed by atoms with Crippen molar-refractivity contribution in [2.75, 3.05) is 12.8 Å². The predicted octanol–water partition coefficient (Wildman–Crippen LogP) is 1.96. The number of hydrogen-bond donors (Lipinski definition) is 1. The van der Waals surface area contributed by atoms with Crippen molar-refractivity contribution in [2.45, 2.75) is 11.4 Å². The first-order valence-electron chi connectivity index (χ1n) is 4.24. The Morgan fingerprint density at radius 1 is 1.57 bits per heavy atom. The number of nitrogens with zero attached hydrogens (tertiary/aromatic N) is 1. The van der Waals surface area contributed by atoms with Gasteiger partial charge in [0, 0.05) is 25.4 Å². The van der Waals surface area contributed by atoms with Crippen LogP contribution in [-0.2, 0) is 4.79 Å². The van der Waals surface area contributed by atoms with Crippen LogP contribution in [0.25, 0.3) is 0 Å². The number of pyridine rings is 1. The Kier molecular flexibility index (Phi) is 5.47. The average molecular weight is 228 g/mol. The molecule has 0 fully saturated rings. The minimum atomic E-state index is 0.0825. The lowest BCUT2D eigenvalue weighted by molar-refractivity contribution is -0.120. The molecule has 5 heteroatoms. The van der Waals surface area contributed by atoms with E-state index in [0.29, 0.717) is 6.42 Å². The van der Waals surface area contributed by atoms with Crippen molar-refractivity contribution in [3.05, 3.63) is 24.4 Å². The molecule has 0 bridgehead atoms. The van der Waals surface area contributed by atoms with Gasteiger partial charge in [-0.25, -0.2) is 4.98 Å². The van der Waals surface area contributed by atoms with Gasteiger partial charge in [-0.2, -0.15) is 0 Å². The number of carbonyl (C=O) groups is 1. The van der Waals surface area contributed by atoms with Crippen LogP contribution in [-0.4, -0.2) is 23.7 Å². The number of rotatable bonds is 5. The molecule has 0 saturated carbocycles. The maximum absolute atomic E-state index is 10.9. The van der Waals surface area contributed by atoms with E-state index in [9.17, 15) is 4.79 Å². The van der Waals surface area contributed by atoms with Gasteiger partial charge in [-0.3, -0.25) is 4.79 Å². The Bertz CT molecular complexity index is 279. The van der Waals surface area contributed by atoms with E-state index in [1.807, 2.05) is 18.2 Å². The average Bonchev–Trinajstić information content (AvgIpc) is 2.25. The van der Waals surface area contributed by atoms with Gasteiger partial charge in [-0.05, 0) is 22.9 Å². The summed E-state index contributed by atoms with van der Waals surface area (Å²) in [5, 5.41) is 3.57. The number of aromatic nitrogens is 1. The standard InChI is InChI=1S/C9H12N2OS2/c1-10-8(12)5-7-13-14-9-4-2-3-6-11-9/h2-4,6H,5,7H2,1H3,(H,10,12). The third-order valence-electron chi connectivity index (χ3n) is 1.47. The van der Waals surface area contributed by atoms with Crippen LogP contribution in [0, 0.1) is 0 Å². The molecule has 0 aromatic carbocycles. The summed E-state index contributed by atoms with van der Waals surface area (Å²) in [4.78, 5) is 15.0. The molecule has 1 aromatic heterocycles. The quantitative estimate of drug-likeness (QED) is 0.618. The molecule has 0 spiro atoms. The lowest BCUT2D eigenvalue weighted by atomic mass is 10.5. The molecule has 1 aromatic rings. The van der Waals surface area contributed by atoms with Crippen molar-refractivity contribution in [3.63, 3.8) is 0 Å². The SMILES string of the molecule is CNC(=O)CCSSc1ccccn1. The minimum Gasteiger partial charge on any atom is -0.359 e. The van der Waals surface area contributed by atoms with Crippen LogP contribution in [0.15, 0.2) is 29.4 Å². The van der Waals surface area contributed by atoms with Crippen molar-refractivity contribution in [1.29, 1.82) is 0 Å². The molecule has 1 rings (SSSR count). The van der Waals surface area contributed by atoms with Crippen LogP contribution in [0.4, 0.5) is 0 Å². The van der Waals surface area contributed by atoms with Crippen LogP contribution < -0.4 is 5.32 Å². The van der Waals surface area contributed by atoms with Crippen molar-refractivity contribution < 1.29 is 4.79 Å². The van der Waals surface area contributed by atoms with Crippen LogP contribution in [0.1, 0.15) is 6.42 Å². The van der Waals surface area contributed by atoms with E-state index in [4.69, 9.17) is 0 Å². The van der Waals surface area contributed by atoms with E-state index in [1.54, 1.807) is 34.8 Å². The Morgan fingerprint density at radius 3 is 3.07 bits per heavy atom. The van der Waals surface area contributed by atoms with Crippen molar-refractivity contribution >= 4 is 27.5 Å². The Balaban J connectivity index is 2.13. The van der Waals surface area contributed by atoms with Gasteiger partial charge in [0.15, 0.2) is 0 Å². The van der Waals surface area contributed by atoms with E-state index < -0.39 is 0 Å². The predicted molar refractivity (Wildman–Crippen MR) is 61.2 cm³/mol. The molecule has 0 unspecified atom stereocenters. The van der Waals surface area contributed by atoms with Gasteiger partial charge in [-0.15, -0.1) is 0 Å². The third-order valence-corrected chi connectivity index (χ3v) is 3.74. The number of nitrogens with one attached hydrogen (secondary N) is 1. The first-order chi connectivity index (χ1) is 6.83. The van der Waals surface area contributed by atoms with Crippen molar-refractivity contribution in [3.8, 4) is 0 Å². The molecular weight excluding hydrogens is 216 g/mol. The normalized spacial score (nSPS) is 9.79. The summed E-state index contributed by atoms with van der Waals surface area (Å²) in [6.07, 6.45) is 2.32. The molecular formula is C9H12N2OS2. The maximum atomic E-state index is 10.9. The molecule has 0 aliphatic rings. The summed E-state index contributed by atoms with van der Waals surface area (Å²) in [5.41, 5.74) is 0. The van der Waals surface area contributed by atoms with Gasteiger partial charge in [0.25, 0.3) is 0 Å². The zero-order valence-electron chi connectivity index (χ0n) is 7.90. The van der Waals surface area contributed by atoms with Crippen LogP contribution in [0.2, 0.25) is 0 Å². The fraction of sp³-hybridized carbons (Fsp3) is 0.333. The molecule has 0 atom stereocenters. The van der Waals surface area contributed by atoms with Crippen LogP contribution in [0.3, 0.4) is 0 Å². The number of hydrogen-bond acceptors (Lipinski definition) is 4. The van der Waals surface area contributed by atoms with Crippen LogP contribution in [0.5, 0.6) is 0 Å². The van der Waals surface area contributed by atoms with E-state index in [2.05, 4.69) is 10.3 Å². The highest BCUT2D eigenvalue weighted by atomic mass is 33.1. The third kappa shape index (κ3) is 4.53. The molecule has 3 nitrogen and oxygen atoms in total. The molecule has 0 aliphatic heterocycles. The highest BCUT2D eigenvalue weighted by Crippen LogP contribution is 2.29. The van der Waals surface area contributed by atoms with Crippen molar-refractivity contribution in [1.82, 2.24) is 10.3 Å². The highest BCUT2D eigenvalue weighted by Gasteiger charge is 1.99. The highest BCUT2D eigenvalue weighted by molar-refractivity contribution is 8.76. The van der Waals surface area contributed by atoms with Gasteiger partial charge in [0.05, 0.1) is 0 Å². The Labute approximate surface area is 91.5 Å². The summed E-state index contributed by atoms with van der Waals surface area (Å²) in [7, 11) is 4.89. The van der Waals surface area contributed by atoms with Crippen molar-refractivity contribution in [2.24, 2.45) is 0 Å². The zero-order valence-corrected chi connectivity index (χ0v) is 9.53. The monoisotopic (exact) mass is 228 g/mol. The molecule has 0 radical (unpaired) electrons. The molecule has 1 heterocycles. The summed E-state index contributed by atoms with van der Waals surface area (Å²) in [6.45, 7) is 0. The lowest BCUT2D eigenvalue weighted by Crippen LogP contribution is -2.17. The number of amides is 1. The Morgan fingerprint density at radius 2 is 2.43 bits per heavy atom. The van der Waals surface area contributed by atoms with Gasteiger partial charge < -0.3 is 5.32 Å². The molecule has 1 N–H and O–H groups in total. The first-order valence-corrected chi connectivity index (χ1v) is 6.56. The maximum Gasteiger partial charge on any atom is 0.220 e. The fourth-order valence-electron chi connectivity index (χ4n) is 0.758. The molecule has 0 aliphatic carbocycles. The molecule has 1 amide bonds. The van der Waals surface area contributed by atoms with Crippen LogP contribution >= 0.6 is 21.6 Å². The smallest absolute Gasteiger partial charge is 0.220 e. The van der Waals surface area contributed by atoms with E-state index in [1.165, 1.54) is 0 Å². The van der Waals surface area contributed by atoms with Gasteiger partial charge in [-0.1, -0.05) is 16.9 Å². The van der Waals surface area contributed by atoms with Gasteiger partial charge in [0.2, 0.25) is 5.91 Å². The summed E-state index contributed by atoms with van der Waals surface area (Å²) >= 11 is 0. The molecule has 76 valence electrons. The summed E-state index contributed by atoms with van der Waals surface area (Å²) in [6, 6.07) is 5.80. The summed E-state index contributed by atoms with van der Waals surface area (Å²) in [5.74, 6) is 0.889. The van der Waals surface area contributed by atoms with Gasteiger partial charge >= 0.3 is 0 Å². The topological polar surface area (TPSA) is 42.0 Å². The fourth-order valence-corrected chi connectivity index (χ4v) is 2.63. The summed E-state index contributed by atoms with van der Waals surface area (Å²) < 4.78 is 0. The zero-order chi connectivity index (χ0) is 10.2. The van der Waals surface area contributed by atoms with E-state index >= 15 is 0 Å². The minimum absolute atomic E-state index is 0.0825. The Hall–Kier alpha value is -0.680. The molecule has 0 saturated heterocycles. The lowest BCUT2D eigenvalue weighted by Gasteiger charge is -1.99. The second kappa shape index (κ2) is 6.73. The van der Waals surface area contributed by atoms with Gasteiger partial charge in [0.1, 0.15) is 5.03 Å².